The van der Waals surface area contributed by atoms with Crippen LogP contribution in [0.5, 0.6) is 0 Å². The van der Waals surface area contributed by atoms with Gasteiger partial charge in [-0.25, -0.2) is 4.79 Å². The topological polar surface area (TPSA) is 79.2 Å². The normalized spacial score (nSPS) is 12.7. The van der Waals surface area contributed by atoms with Crippen LogP contribution in [0.1, 0.15) is 25.8 Å². The van der Waals surface area contributed by atoms with E-state index in [1.165, 1.54) is 12.0 Å². The van der Waals surface area contributed by atoms with E-state index in [1.807, 2.05) is 43.3 Å². The van der Waals surface area contributed by atoms with Crippen molar-refractivity contribution in [1.82, 2.24) is 0 Å². The number of amides is 1. The van der Waals surface area contributed by atoms with Crippen LogP contribution < -0.4 is 4.90 Å². The Kier molecular flexibility index (Phi) is 5.75. The molecule has 0 saturated carbocycles. The molecule has 2 rings (SSSR count). The van der Waals surface area contributed by atoms with E-state index in [2.05, 4.69) is 5.16 Å². The molecule has 0 aromatic heterocycles. The zero-order valence-corrected chi connectivity index (χ0v) is 14.8. The molecule has 0 aliphatic heterocycles. The van der Waals surface area contributed by atoms with Crippen LogP contribution in [0.25, 0.3) is 10.8 Å². The average molecular weight is 342 g/mol. The third kappa shape index (κ3) is 3.47. The van der Waals surface area contributed by atoms with Gasteiger partial charge in [0.1, 0.15) is 11.8 Å². The maximum Gasteiger partial charge on any atom is 0.328 e. The number of hydrogen-bond donors (Lipinski definition) is 1. The van der Waals surface area contributed by atoms with E-state index in [0.717, 1.165) is 16.3 Å². The fraction of sp³-hybridized carbons (Fsp3) is 0.316. The highest BCUT2D eigenvalue weighted by Crippen LogP contribution is 2.32. The van der Waals surface area contributed by atoms with Gasteiger partial charge in [-0.05, 0) is 31.2 Å². The molecular formula is C19H22N2O4. The van der Waals surface area contributed by atoms with Crippen LogP contribution in [0.2, 0.25) is 0 Å². The second-order valence-corrected chi connectivity index (χ2v) is 5.73. The summed E-state index contributed by atoms with van der Waals surface area (Å²) in [4.78, 5) is 26.5. The van der Waals surface area contributed by atoms with E-state index in [1.54, 1.807) is 13.8 Å². The first-order valence-corrected chi connectivity index (χ1v) is 8.06. The van der Waals surface area contributed by atoms with Crippen molar-refractivity contribution in [2.75, 3.05) is 12.0 Å². The molecule has 0 fully saturated rings. The zero-order valence-electron chi connectivity index (χ0n) is 14.8. The van der Waals surface area contributed by atoms with Gasteiger partial charge < -0.3 is 9.94 Å². The Labute approximate surface area is 146 Å². The molecule has 6 nitrogen and oxygen atoms in total. The molecule has 1 atom stereocenters. The maximum atomic E-state index is 13.0. The average Bonchev–Trinajstić information content (AvgIpc) is 2.63. The molecule has 6 heteroatoms. The Balaban J connectivity index is 2.74. The first-order chi connectivity index (χ1) is 12.0. The lowest BCUT2D eigenvalue weighted by molar-refractivity contribution is -0.142. The number of rotatable bonds is 5. The number of carbonyl (C=O) groups is 2. The van der Waals surface area contributed by atoms with Gasteiger partial charge in [0.05, 0.1) is 12.8 Å². The Hall–Kier alpha value is -2.89. The quantitative estimate of drug-likeness (QED) is 0.391. The number of nitrogens with zero attached hydrogens (tertiary/aromatic N) is 2. The molecule has 1 unspecified atom stereocenters. The van der Waals surface area contributed by atoms with Crippen molar-refractivity contribution < 1.29 is 19.5 Å². The zero-order chi connectivity index (χ0) is 18.6. The van der Waals surface area contributed by atoms with Gasteiger partial charge in [-0.3, -0.25) is 9.69 Å². The Morgan fingerprint density at radius 2 is 1.92 bits per heavy atom. The van der Waals surface area contributed by atoms with Crippen molar-refractivity contribution in [1.29, 1.82) is 0 Å². The van der Waals surface area contributed by atoms with Crippen LogP contribution in [0, 0.1) is 6.92 Å². The first kappa shape index (κ1) is 18.4. The molecule has 2 aromatic carbocycles. The highest BCUT2D eigenvalue weighted by atomic mass is 16.5. The van der Waals surface area contributed by atoms with Crippen LogP contribution >= 0.6 is 0 Å². The lowest BCUT2D eigenvalue weighted by Gasteiger charge is -2.30. The van der Waals surface area contributed by atoms with Crippen LogP contribution in [0.3, 0.4) is 0 Å². The number of ether oxygens (including phenoxy) is 1. The number of fused-ring (bicyclic) bond motifs is 1. The number of carbonyl (C=O) groups excluding carboxylic acids is 2. The number of anilines is 1. The van der Waals surface area contributed by atoms with Crippen molar-refractivity contribution >= 4 is 34.0 Å². The van der Waals surface area contributed by atoms with Crippen molar-refractivity contribution in [2.24, 2.45) is 5.16 Å². The summed E-state index contributed by atoms with van der Waals surface area (Å²) in [6.07, 6.45) is 0.240. The standard InChI is InChI=1S/C19H22N2O4/c1-5-16(20-24)18(22)21(13(3)19(23)25-4)17-12(2)10-11-14-8-6-7-9-15(14)17/h6-11,13,24H,5H2,1-4H3. The van der Waals surface area contributed by atoms with E-state index in [0.29, 0.717) is 5.69 Å². The molecule has 0 radical (unpaired) electrons. The predicted molar refractivity (Wildman–Crippen MR) is 97.2 cm³/mol. The van der Waals surface area contributed by atoms with Gasteiger partial charge >= 0.3 is 5.97 Å². The van der Waals surface area contributed by atoms with Crippen LogP contribution in [0.4, 0.5) is 5.69 Å². The van der Waals surface area contributed by atoms with Crippen LogP contribution in [-0.2, 0) is 14.3 Å². The molecule has 25 heavy (non-hydrogen) atoms. The van der Waals surface area contributed by atoms with Gasteiger partial charge in [-0.15, -0.1) is 0 Å². The van der Waals surface area contributed by atoms with E-state index in [-0.39, 0.29) is 12.1 Å². The van der Waals surface area contributed by atoms with Crippen LogP contribution in [-0.4, -0.2) is 35.9 Å². The van der Waals surface area contributed by atoms with Gasteiger partial charge in [0.2, 0.25) is 0 Å². The number of hydrogen-bond acceptors (Lipinski definition) is 5. The monoisotopic (exact) mass is 342 g/mol. The Morgan fingerprint density at radius 3 is 2.52 bits per heavy atom. The van der Waals surface area contributed by atoms with Gasteiger partial charge in [-0.1, -0.05) is 48.5 Å². The molecule has 0 spiro atoms. The number of methoxy groups -OCH3 is 1. The molecule has 0 aliphatic carbocycles. The second-order valence-electron chi connectivity index (χ2n) is 5.73. The number of aryl methyl sites for hydroxylation is 1. The van der Waals surface area contributed by atoms with Gasteiger partial charge in [0.15, 0.2) is 0 Å². The van der Waals surface area contributed by atoms with E-state index in [4.69, 9.17) is 4.74 Å². The molecule has 0 saturated heterocycles. The summed E-state index contributed by atoms with van der Waals surface area (Å²) in [6.45, 7) is 5.17. The molecule has 1 amide bonds. The van der Waals surface area contributed by atoms with Crippen molar-refractivity contribution in [3.63, 3.8) is 0 Å². The molecule has 0 aliphatic rings. The number of esters is 1. The largest absolute Gasteiger partial charge is 0.467 e. The second kappa shape index (κ2) is 7.79. The third-order valence-corrected chi connectivity index (χ3v) is 4.19. The van der Waals surface area contributed by atoms with Crippen molar-refractivity contribution in [2.45, 2.75) is 33.2 Å². The molecule has 1 N–H and O–H groups in total. The van der Waals surface area contributed by atoms with Gasteiger partial charge in [0, 0.05) is 5.39 Å². The summed E-state index contributed by atoms with van der Waals surface area (Å²) in [6, 6.07) is 10.6. The maximum absolute atomic E-state index is 13.0. The summed E-state index contributed by atoms with van der Waals surface area (Å²) in [7, 11) is 1.28. The van der Waals surface area contributed by atoms with Gasteiger partial charge in [-0.2, -0.15) is 0 Å². The first-order valence-electron chi connectivity index (χ1n) is 8.06. The molecule has 0 bridgehead atoms. The van der Waals surface area contributed by atoms with Gasteiger partial charge in [0.25, 0.3) is 5.91 Å². The lowest BCUT2D eigenvalue weighted by Crippen LogP contribution is -2.47. The smallest absolute Gasteiger partial charge is 0.328 e. The summed E-state index contributed by atoms with van der Waals surface area (Å²) >= 11 is 0. The number of oxime groups is 1. The molecule has 2 aromatic rings. The van der Waals surface area contributed by atoms with E-state index < -0.39 is 17.9 Å². The lowest BCUT2D eigenvalue weighted by atomic mass is 10.0. The Bertz CT molecular complexity index is 829. The summed E-state index contributed by atoms with van der Waals surface area (Å²) in [5.41, 5.74) is 1.41. The van der Waals surface area contributed by atoms with Crippen molar-refractivity contribution in [3.05, 3.63) is 42.0 Å². The SMILES string of the molecule is CCC(=NO)C(=O)N(c1c(C)ccc2ccccc12)C(C)C(=O)OC. The third-order valence-electron chi connectivity index (χ3n) is 4.19. The predicted octanol–water partition coefficient (Wildman–Crippen LogP) is 3.28. The minimum absolute atomic E-state index is 0.0249. The van der Waals surface area contributed by atoms with Crippen molar-refractivity contribution in [3.8, 4) is 0 Å². The molecular weight excluding hydrogens is 320 g/mol. The highest BCUT2D eigenvalue weighted by Gasteiger charge is 2.32. The summed E-state index contributed by atoms with van der Waals surface area (Å²) in [5.74, 6) is -1.07. The summed E-state index contributed by atoms with van der Waals surface area (Å²) in [5, 5.41) is 14.1. The minimum atomic E-state index is -0.870. The molecule has 0 heterocycles. The van der Waals surface area contributed by atoms with E-state index in [9.17, 15) is 14.8 Å². The summed E-state index contributed by atoms with van der Waals surface area (Å²) < 4.78 is 4.83. The fourth-order valence-electron chi connectivity index (χ4n) is 2.83. The fourth-order valence-corrected chi connectivity index (χ4v) is 2.83. The van der Waals surface area contributed by atoms with Crippen LogP contribution in [0.15, 0.2) is 41.6 Å². The minimum Gasteiger partial charge on any atom is -0.467 e. The Morgan fingerprint density at radius 1 is 1.24 bits per heavy atom. The van der Waals surface area contributed by atoms with E-state index >= 15 is 0 Å². The highest BCUT2D eigenvalue weighted by molar-refractivity contribution is 6.44. The number of benzene rings is 2. The molecule has 132 valence electrons.